The normalized spacial score (nSPS) is 22.8. The Morgan fingerprint density at radius 3 is 2.72 bits per heavy atom. The topological polar surface area (TPSA) is 41.1 Å². The van der Waals surface area contributed by atoms with Gasteiger partial charge in [-0.1, -0.05) is 13.0 Å². The quantitative estimate of drug-likeness (QED) is 0.861. The minimum Gasteiger partial charge on any atom is -0.382 e. The number of rotatable bonds is 3. The van der Waals surface area contributed by atoms with E-state index in [1.54, 1.807) is 7.05 Å². The summed E-state index contributed by atoms with van der Waals surface area (Å²) in [6, 6.07) is 6.43. The highest BCUT2D eigenvalue weighted by Gasteiger charge is 2.22. The summed E-state index contributed by atoms with van der Waals surface area (Å²) in [6.07, 6.45) is 3.75. The molecular weight excluding hydrogens is 224 g/mol. The molecule has 1 aromatic carbocycles. The lowest BCUT2D eigenvalue weighted by atomic mass is 10.0. The molecule has 2 rings (SSSR count). The van der Waals surface area contributed by atoms with Crippen LogP contribution >= 0.6 is 0 Å². The molecular formula is C15H22N2O. The summed E-state index contributed by atoms with van der Waals surface area (Å²) in [7, 11) is 1.67. The molecule has 1 fully saturated rings. The van der Waals surface area contributed by atoms with Gasteiger partial charge in [-0.25, -0.2) is 0 Å². The van der Waals surface area contributed by atoms with Crippen LogP contribution in [0.4, 0.5) is 5.69 Å². The van der Waals surface area contributed by atoms with Crippen LogP contribution in [0.25, 0.3) is 0 Å². The van der Waals surface area contributed by atoms with Gasteiger partial charge in [0.05, 0.1) is 0 Å². The Labute approximate surface area is 109 Å². The number of amides is 1. The molecule has 18 heavy (non-hydrogen) atoms. The predicted octanol–water partition coefficient (Wildman–Crippen LogP) is 2.96. The minimum atomic E-state index is -0.0176. The third-order valence-corrected chi connectivity index (χ3v) is 3.86. The Morgan fingerprint density at radius 1 is 1.33 bits per heavy atom. The second-order valence-electron chi connectivity index (χ2n) is 5.32. The van der Waals surface area contributed by atoms with E-state index in [1.807, 2.05) is 19.1 Å². The van der Waals surface area contributed by atoms with E-state index in [9.17, 15) is 4.79 Å². The molecule has 1 aliphatic rings. The van der Waals surface area contributed by atoms with Gasteiger partial charge in [-0.3, -0.25) is 4.79 Å². The van der Waals surface area contributed by atoms with E-state index in [4.69, 9.17) is 0 Å². The van der Waals surface area contributed by atoms with Gasteiger partial charge in [-0.15, -0.1) is 0 Å². The molecule has 1 aliphatic carbocycles. The standard InChI is InChI=1S/C15H22N2O/c1-10-7-8-12(9-10)17-14-6-4-5-13(11(14)2)15(18)16-3/h4-6,10,12,17H,7-9H2,1-3H3,(H,16,18). The van der Waals surface area contributed by atoms with Crippen LogP contribution in [-0.2, 0) is 0 Å². The average Bonchev–Trinajstić information content (AvgIpc) is 2.76. The smallest absolute Gasteiger partial charge is 0.251 e. The molecule has 0 radical (unpaired) electrons. The van der Waals surface area contributed by atoms with E-state index in [0.29, 0.717) is 6.04 Å². The second kappa shape index (κ2) is 5.42. The van der Waals surface area contributed by atoms with Crippen molar-refractivity contribution in [1.29, 1.82) is 0 Å². The monoisotopic (exact) mass is 246 g/mol. The average molecular weight is 246 g/mol. The number of carbonyl (C=O) groups excluding carboxylic acids is 1. The summed E-state index contributed by atoms with van der Waals surface area (Å²) < 4.78 is 0. The lowest BCUT2D eigenvalue weighted by Gasteiger charge is -2.17. The van der Waals surface area contributed by atoms with Gasteiger partial charge in [0.15, 0.2) is 0 Å². The van der Waals surface area contributed by atoms with Gasteiger partial charge in [0, 0.05) is 24.3 Å². The van der Waals surface area contributed by atoms with Crippen molar-refractivity contribution in [3.63, 3.8) is 0 Å². The molecule has 0 aromatic heterocycles. The van der Waals surface area contributed by atoms with Gasteiger partial charge in [0.2, 0.25) is 0 Å². The highest BCUT2D eigenvalue weighted by atomic mass is 16.1. The van der Waals surface area contributed by atoms with Crippen LogP contribution < -0.4 is 10.6 Å². The number of hydrogen-bond donors (Lipinski definition) is 2. The van der Waals surface area contributed by atoms with Gasteiger partial charge in [0.25, 0.3) is 5.91 Å². The van der Waals surface area contributed by atoms with Gasteiger partial charge in [0.1, 0.15) is 0 Å². The molecule has 3 heteroatoms. The zero-order chi connectivity index (χ0) is 13.1. The number of hydrogen-bond acceptors (Lipinski definition) is 2. The van der Waals surface area contributed by atoms with E-state index in [0.717, 1.165) is 22.7 Å². The van der Waals surface area contributed by atoms with E-state index in [1.165, 1.54) is 19.3 Å². The number of benzene rings is 1. The number of nitrogens with one attached hydrogen (secondary N) is 2. The van der Waals surface area contributed by atoms with Crippen molar-refractivity contribution in [3.05, 3.63) is 29.3 Å². The number of carbonyl (C=O) groups is 1. The molecule has 2 unspecified atom stereocenters. The molecule has 1 amide bonds. The maximum absolute atomic E-state index is 11.7. The first kappa shape index (κ1) is 12.9. The van der Waals surface area contributed by atoms with Gasteiger partial charge in [-0.05, 0) is 49.8 Å². The molecule has 0 bridgehead atoms. The third-order valence-electron chi connectivity index (χ3n) is 3.86. The third kappa shape index (κ3) is 2.66. The fraction of sp³-hybridized carbons (Fsp3) is 0.533. The van der Waals surface area contributed by atoms with E-state index < -0.39 is 0 Å². The Hall–Kier alpha value is -1.51. The van der Waals surface area contributed by atoms with Crippen LogP contribution in [0.2, 0.25) is 0 Å². The fourth-order valence-electron chi connectivity index (χ4n) is 2.73. The molecule has 2 atom stereocenters. The molecule has 3 nitrogen and oxygen atoms in total. The summed E-state index contributed by atoms with van der Waals surface area (Å²) in [5.74, 6) is 0.792. The van der Waals surface area contributed by atoms with Crippen molar-refractivity contribution in [2.24, 2.45) is 5.92 Å². The van der Waals surface area contributed by atoms with Crippen molar-refractivity contribution < 1.29 is 4.79 Å². The first-order valence-corrected chi connectivity index (χ1v) is 6.70. The molecule has 2 N–H and O–H groups in total. The van der Waals surface area contributed by atoms with Crippen LogP contribution in [0.5, 0.6) is 0 Å². The van der Waals surface area contributed by atoms with E-state index in [-0.39, 0.29) is 5.91 Å². The van der Waals surface area contributed by atoms with Crippen molar-refractivity contribution in [2.75, 3.05) is 12.4 Å². The summed E-state index contributed by atoms with van der Waals surface area (Å²) in [5.41, 5.74) is 2.89. The van der Waals surface area contributed by atoms with Crippen LogP contribution in [-0.4, -0.2) is 19.0 Å². The first-order chi connectivity index (χ1) is 8.61. The first-order valence-electron chi connectivity index (χ1n) is 6.70. The molecule has 1 aromatic rings. The summed E-state index contributed by atoms with van der Waals surface area (Å²) >= 11 is 0. The molecule has 0 saturated heterocycles. The maximum Gasteiger partial charge on any atom is 0.251 e. The van der Waals surface area contributed by atoms with E-state index in [2.05, 4.69) is 23.6 Å². The molecule has 0 aliphatic heterocycles. The van der Waals surface area contributed by atoms with Crippen LogP contribution in [0.3, 0.4) is 0 Å². The summed E-state index contributed by atoms with van der Waals surface area (Å²) in [4.78, 5) is 11.7. The summed E-state index contributed by atoms with van der Waals surface area (Å²) in [5, 5.41) is 6.26. The van der Waals surface area contributed by atoms with Gasteiger partial charge < -0.3 is 10.6 Å². The maximum atomic E-state index is 11.7. The highest BCUT2D eigenvalue weighted by molar-refractivity contribution is 5.96. The zero-order valence-corrected chi connectivity index (χ0v) is 11.4. The Balaban J connectivity index is 2.16. The summed E-state index contributed by atoms with van der Waals surface area (Å²) in [6.45, 7) is 4.31. The highest BCUT2D eigenvalue weighted by Crippen LogP contribution is 2.29. The van der Waals surface area contributed by atoms with Crippen LogP contribution in [0.1, 0.15) is 42.1 Å². The lowest BCUT2D eigenvalue weighted by Crippen LogP contribution is -2.21. The zero-order valence-electron chi connectivity index (χ0n) is 11.4. The van der Waals surface area contributed by atoms with Crippen LogP contribution in [0.15, 0.2) is 18.2 Å². The minimum absolute atomic E-state index is 0.0176. The Bertz CT molecular complexity index is 442. The van der Waals surface area contributed by atoms with Crippen LogP contribution in [0, 0.1) is 12.8 Å². The van der Waals surface area contributed by atoms with Crippen molar-refractivity contribution in [3.8, 4) is 0 Å². The lowest BCUT2D eigenvalue weighted by molar-refractivity contribution is 0.0962. The molecule has 98 valence electrons. The van der Waals surface area contributed by atoms with Gasteiger partial charge in [-0.2, -0.15) is 0 Å². The Morgan fingerprint density at radius 2 is 2.11 bits per heavy atom. The second-order valence-corrected chi connectivity index (χ2v) is 5.32. The van der Waals surface area contributed by atoms with E-state index >= 15 is 0 Å². The molecule has 0 heterocycles. The van der Waals surface area contributed by atoms with Crippen molar-refractivity contribution >= 4 is 11.6 Å². The largest absolute Gasteiger partial charge is 0.382 e. The molecule has 0 spiro atoms. The van der Waals surface area contributed by atoms with Crippen molar-refractivity contribution in [2.45, 2.75) is 39.2 Å². The van der Waals surface area contributed by atoms with Gasteiger partial charge >= 0.3 is 0 Å². The van der Waals surface area contributed by atoms with Crippen molar-refractivity contribution in [1.82, 2.24) is 5.32 Å². The fourth-order valence-corrected chi connectivity index (χ4v) is 2.73. The Kier molecular flexibility index (Phi) is 3.90. The molecule has 1 saturated carbocycles. The number of anilines is 1. The SMILES string of the molecule is CNC(=O)c1cccc(NC2CCC(C)C2)c1C. The predicted molar refractivity (Wildman–Crippen MR) is 75.0 cm³/mol.